The number of benzene rings is 1. The predicted octanol–water partition coefficient (Wildman–Crippen LogP) is 2.58. The minimum absolute atomic E-state index is 0.0232. The van der Waals surface area contributed by atoms with E-state index in [-0.39, 0.29) is 17.7 Å². The Morgan fingerprint density at radius 2 is 1.54 bits per heavy atom. The molecule has 1 atom stereocenters. The van der Waals surface area contributed by atoms with E-state index >= 15 is 0 Å². The summed E-state index contributed by atoms with van der Waals surface area (Å²) in [5, 5.41) is 0. The van der Waals surface area contributed by atoms with Gasteiger partial charge in [0.2, 0.25) is 11.8 Å². The molecule has 1 aliphatic heterocycles. The van der Waals surface area contributed by atoms with Gasteiger partial charge in [-0.1, -0.05) is 30.7 Å². The van der Waals surface area contributed by atoms with Crippen molar-refractivity contribution in [1.82, 2.24) is 9.80 Å². The van der Waals surface area contributed by atoms with E-state index in [9.17, 15) is 9.59 Å². The van der Waals surface area contributed by atoms with Crippen LogP contribution in [-0.4, -0.2) is 47.8 Å². The van der Waals surface area contributed by atoms with Crippen LogP contribution in [0.4, 0.5) is 0 Å². The lowest BCUT2D eigenvalue weighted by molar-refractivity contribution is -0.139. The van der Waals surface area contributed by atoms with Gasteiger partial charge in [-0.2, -0.15) is 0 Å². The molecule has 1 heterocycles. The minimum Gasteiger partial charge on any atom is -0.341 e. The van der Waals surface area contributed by atoms with Crippen molar-refractivity contribution in [2.45, 2.75) is 44.4 Å². The first-order valence-electron chi connectivity index (χ1n) is 9.39. The highest BCUT2D eigenvalue weighted by molar-refractivity contribution is 5.85. The first-order chi connectivity index (χ1) is 11.7. The lowest BCUT2D eigenvalue weighted by atomic mass is 9.84. The number of aryl methyl sites for hydroxylation is 1. The second kappa shape index (κ2) is 6.58. The van der Waals surface area contributed by atoms with Crippen LogP contribution in [0, 0.1) is 5.92 Å². The van der Waals surface area contributed by atoms with Crippen LogP contribution in [0.3, 0.4) is 0 Å². The Labute approximate surface area is 143 Å². The van der Waals surface area contributed by atoms with Crippen molar-refractivity contribution in [3.8, 4) is 0 Å². The van der Waals surface area contributed by atoms with E-state index in [2.05, 4.69) is 18.2 Å². The fraction of sp³-hybridized carbons (Fsp3) is 0.600. The number of hydrogen-bond acceptors (Lipinski definition) is 2. The maximum atomic E-state index is 13.0. The Kier molecular flexibility index (Phi) is 4.30. The third-order valence-corrected chi connectivity index (χ3v) is 6.00. The molecular formula is C20H26N2O2. The van der Waals surface area contributed by atoms with Gasteiger partial charge in [0.05, 0.1) is 5.92 Å². The fourth-order valence-electron chi connectivity index (χ4n) is 4.31. The molecule has 0 unspecified atom stereocenters. The van der Waals surface area contributed by atoms with Gasteiger partial charge in [-0.25, -0.2) is 0 Å². The quantitative estimate of drug-likeness (QED) is 0.838. The molecule has 2 amide bonds. The molecule has 0 spiro atoms. The Balaban J connectivity index is 1.40. The van der Waals surface area contributed by atoms with E-state index in [0.29, 0.717) is 19.0 Å². The van der Waals surface area contributed by atoms with Crippen LogP contribution < -0.4 is 0 Å². The van der Waals surface area contributed by atoms with Crippen molar-refractivity contribution < 1.29 is 9.59 Å². The van der Waals surface area contributed by atoms with Crippen LogP contribution in [0.1, 0.15) is 49.1 Å². The van der Waals surface area contributed by atoms with Gasteiger partial charge in [0.15, 0.2) is 0 Å². The first kappa shape index (κ1) is 15.7. The van der Waals surface area contributed by atoms with Crippen molar-refractivity contribution in [3.05, 3.63) is 35.4 Å². The minimum atomic E-state index is 0.0232. The second-order valence-electron chi connectivity index (χ2n) is 7.42. The summed E-state index contributed by atoms with van der Waals surface area (Å²) in [6.45, 7) is 2.98. The summed E-state index contributed by atoms with van der Waals surface area (Å²) in [6.07, 6.45) is 6.13. The summed E-state index contributed by atoms with van der Waals surface area (Å²) in [7, 11) is 0. The van der Waals surface area contributed by atoms with Crippen LogP contribution >= 0.6 is 0 Å². The second-order valence-corrected chi connectivity index (χ2v) is 7.42. The highest BCUT2D eigenvalue weighted by Crippen LogP contribution is 2.34. The summed E-state index contributed by atoms with van der Waals surface area (Å²) in [6, 6.07) is 8.34. The smallest absolute Gasteiger partial charge is 0.230 e. The van der Waals surface area contributed by atoms with Crippen LogP contribution in [0.15, 0.2) is 24.3 Å². The number of amides is 2. The largest absolute Gasteiger partial charge is 0.341 e. The summed E-state index contributed by atoms with van der Waals surface area (Å²) in [4.78, 5) is 29.5. The first-order valence-corrected chi connectivity index (χ1v) is 9.39. The van der Waals surface area contributed by atoms with E-state index in [1.807, 2.05) is 15.9 Å². The molecule has 4 nitrogen and oxygen atoms in total. The molecule has 0 aromatic heterocycles. The highest BCUT2D eigenvalue weighted by Gasteiger charge is 2.34. The third kappa shape index (κ3) is 2.83. The van der Waals surface area contributed by atoms with Gasteiger partial charge in [0.1, 0.15) is 0 Å². The molecule has 2 aliphatic carbocycles. The zero-order valence-corrected chi connectivity index (χ0v) is 14.2. The van der Waals surface area contributed by atoms with E-state index in [1.165, 1.54) is 17.5 Å². The molecule has 2 fully saturated rings. The van der Waals surface area contributed by atoms with Gasteiger partial charge in [0.25, 0.3) is 0 Å². The molecule has 0 N–H and O–H groups in total. The molecule has 0 bridgehead atoms. The SMILES string of the molecule is O=C(C1CCC1)N1CCCN(C(=O)[C@@H]2CCc3ccccc32)CC1. The molecule has 128 valence electrons. The lowest BCUT2D eigenvalue weighted by Gasteiger charge is -2.31. The normalized spacial score (nSPS) is 24.2. The highest BCUT2D eigenvalue weighted by atomic mass is 16.2. The van der Waals surface area contributed by atoms with Crippen LogP contribution in [0.2, 0.25) is 0 Å². The number of fused-ring (bicyclic) bond motifs is 1. The number of nitrogens with zero attached hydrogens (tertiary/aromatic N) is 2. The molecular weight excluding hydrogens is 300 g/mol. The molecule has 1 aromatic carbocycles. The summed E-state index contributed by atoms with van der Waals surface area (Å²) in [5.74, 6) is 0.865. The van der Waals surface area contributed by atoms with Crippen LogP contribution in [0.25, 0.3) is 0 Å². The third-order valence-electron chi connectivity index (χ3n) is 6.00. The predicted molar refractivity (Wildman–Crippen MR) is 92.6 cm³/mol. The molecule has 1 saturated carbocycles. The fourth-order valence-corrected chi connectivity index (χ4v) is 4.31. The molecule has 24 heavy (non-hydrogen) atoms. The number of rotatable bonds is 2. The number of hydrogen-bond donors (Lipinski definition) is 0. The van der Waals surface area contributed by atoms with Crippen molar-refractivity contribution in [2.75, 3.05) is 26.2 Å². The molecule has 4 rings (SSSR count). The molecule has 1 aromatic rings. The van der Waals surface area contributed by atoms with Gasteiger partial charge < -0.3 is 9.80 Å². The maximum Gasteiger partial charge on any atom is 0.230 e. The molecule has 0 radical (unpaired) electrons. The van der Waals surface area contributed by atoms with E-state index < -0.39 is 0 Å². The zero-order valence-electron chi connectivity index (χ0n) is 14.2. The van der Waals surface area contributed by atoms with Crippen molar-refractivity contribution in [2.24, 2.45) is 5.92 Å². The lowest BCUT2D eigenvalue weighted by Crippen LogP contribution is -2.42. The van der Waals surface area contributed by atoms with Crippen molar-refractivity contribution in [3.63, 3.8) is 0 Å². The van der Waals surface area contributed by atoms with Crippen molar-refractivity contribution >= 4 is 11.8 Å². The van der Waals surface area contributed by atoms with Gasteiger partial charge in [0, 0.05) is 32.1 Å². The zero-order chi connectivity index (χ0) is 16.5. The Morgan fingerprint density at radius 1 is 0.833 bits per heavy atom. The van der Waals surface area contributed by atoms with Gasteiger partial charge >= 0.3 is 0 Å². The van der Waals surface area contributed by atoms with E-state index in [4.69, 9.17) is 0 Å². The van der Waals surface area contributed by atoms with Gasteiger partial charge in [-0.05, 0) is 43.2 Å². The molecule has 1 saturated heterocycles. The van der Waals surface area contributed by atoms with E-state index in [0.717, 1.165) is 45.2 Å². The molecule has 4 heteroatoms. The van der Waals surface area contributed by atoms with Crippen LogP contribution in [0.5, 0.6) is 0 Å². The monoisotopic (exact) mass is 326 g/mol. The van der Waals surface area contributed by atoms with E-state index in [1.54, 1.807) is 0 Å². The average Bonchev–Trinajstić information content (AvgIpc) is 2.81. The van der Waals surface area contributed by atoms with Crippen LogP contribution in [-0.2, 0) is 16.0 Å². The Hall–Kier alpha value is -1.84. The Morgan fingerprint density at radius 3 is 2.25 bits per heavy atom. The van der Waals surface area contributed by atoms with Gasteiger partial charge in [-0.15, -0.1) is 0 Å². The number of carbonyl (C=O) groups is 2. The standard InChI is InChI=1S/C20H26N2O2/c23-19(16-6-3-7-16)21-11-4-12-22(14-13-21)20(24)18-10-9-15-5-1-2-8-17(15)18/h1-2,5,8,16,18H,3-4,6-7,9-14H2/t18-/m1/s1. The Bertz CT molecular complexity index is 638. The summed E-state index contributed by atoms with van der Waals surface area (Å²) in [5.41, 5.74) is 2.54. The summed E-state index contributed by atoms with van der Waals surface area (Å²) >= 11 is 0. The number of carbonyl (C=O) groups excluding carboxylic acids is 2. The maximum absolute atomic E-state index is 13.0. The topological polar surface area (TPSA) is 40.6 Å². The van der Waals surface area contributed by atoms with Gasteiger partial charge in [-0.3, -0.25) is 9.59 Å². The summed E-state index contributed by atoms with van der Waals surface area (Å²) < 4.78 is 0. The molecule has 3 aliphatic rings. The average molecular weight is 326 g/mol. The van der Waals surface area contributed by atoms with Crippen molar-refractivity contribution in [1.29, 1.82) is 0 Å².